The maximum absolute atomic E-state index is 10.9. The van der Waals surface area contributed by atoms with Crippen molar-refractivity contribution in [1.82, 2.24) is 4.90 Å². The first-order chi connectivity index (χ1) is 5.29. The average Bonchev–Trinajstić information content (AvgIpc) is 2.63. The second-order valence-corrected chi connectivity index (χ2v) is 2.89. The number of nitrogens with zero attached hydrogens (tertiary/aromatic N) is 1. The Balaban J connectivity index is 1.98. The van der Waals surface area contributed by atoms with E-state index in [2.05, 4.69) is 0 Å². The van der Waals surface area contributed by atoms with Gasteiger partial charge >= 0.3 is 12.1 Å². The van der Waals surface area contributed by atoms with Gasteiger partial charge in [-0.3, -0.25) is 4.90 Å². The van der Waals surface area contributed by atoms with Gasteiger partial charge in [-0.15, -0.1) is 0 Å². The highest BCUT2D eigenvalue weighted by atomic mass is 16.6. The molecule has 5 nitrogen and oxygen atoms in total. The first-order valence-corrected chi connectivity index (χ1v) is 3.44. The van der Waals surface area contributed by atoms with Gasteiger partial charge in [0.25, 0.3) is 0 Å². The molecule has 0 radical (unpaired) electrons. The van der Waals surface area contributed by atoms with Crippen molar-refractivity contribution in [1.29, 1.82) is 0 Å². The first kappa shape index (κ1) is 5.40. The molecular weight excluding hydrogens is 150 g/mol. The predicted molar refractivity (Wildman–Crippen MR) is 30.6 cm³/mol. The molecule has 1 amide bonds. The molecular formula is C6H5NO4. The summed E-state index contributed by atoms with van der Waals surface area (Å²) in [6.45, 7) is 0.224. The van der Waals surface area contributed by atoms with Crippen LogP contribution in [0.15, 0.2) is 0 Å². The Morgan fingerprint density at radius 2 is 2.27 bits per heavy atom. The lowest BCUT2D eigenvalue weighted by Gasteiger charge is -2.21. The summed E-state index contributed by atoms with van der Waals surface area (Å²) in [6, 6.07) is -0.334. The number of hydrogen-bond acceptors (Lipinski definition) is 4. The lowest BCUT2D eigenvalue weighted by atomic mass is 10.2. The lowest BCUT2D eigenvalue weighted by molar-refractivity contribution is -0.150. The number of cyclic esters (lactones) is 1. The number of morpholine rings is 1. The summed E-state index contributed by atoms with van der Waals surface area (Å²) in [5.74, 6) is -0.281. The molecule has 3 fully saturated rings. The van der Waals surface area contributed by atoms with Crippen molar-refractivity contribution in [3.8, 4) is 0 Å². The molecule has 0 aromatic carbocycles. The van der Waals surface area contributed by atoms with Crippen LogP contribution in [0.2, 0.25) is 0 Å². The van der Waals surface area contributed by atoms with Crippen molar-refractivity contribution in [2.24, 2.45) is 0 Å². The number of rotatable bonds is 0. The summed E-state index contributed by atoms with van der Waals surface area (Å²) in [5.41, 5.74) is 0. The molecule has 3 aliphatic heterocycles. The van der Waals surface area contributed by atoms with Crippen LogP contribution in [-0.2, 0) is 14.3 Å². The third-order valence-electron chi connectivity index (χ3n) is 2.33. The Morgan fingerprint density at radius 3 is 3.00 bits per heavy atom. The second kappa shape index (κ2) is 1.34. The molecule has 3 rings (SSSR count). The Labute approximate surface area is 61.9 Å². The minimum Gasteiger partial charge on any atom is -0.455 e. The molecule has 0 aliphatic carbocycles. The van der Waals surface area contributed by atoms with Crippen LogP contribution < -0.4 is 0 Å². The molecule has 0 aromatic heterocycles. The molecule has 0 spiro atoms. The molecule has 0 N–H and O–H groups in total. The minimum atomic E-state index is -0.382. The predicted octanol–water partition coefficient (Wildman–Crippen LogP) is -0.885. The fraction of sp³-hybridized carbons (Fsp3) is 0.667. The molecule has 11 heavy (non-hydrogen) atoms. The summed E-state index contributed by atoms with van der Waals surface area (Å²) >= 11 is 0. The quantitative estimate of drug-likeness (QED) is 0.336. The van der Waals surface area contributed by atoms with Crippen LogP contribution >= 0.6 is 0 Å². The van der Waals surface area contributed by atoms with E-state index in [0.717, 1.165) is 0 Å². The molecule has 0 aromatic rings. The second-order valence-electron chi connectivity index (χ2n) is 2.89. The first-order valence-electron chi connectivity index (χ1n) is 3.44. The minimum absolute atomic E-state index is 0.0104. The fourth-order valence-electron chi connectivity index (χ4n) is 1.77. The maximum atomic E-state index is 10.9. The summed E-state index contributed by atoms with van der Waals surface area (Å²) in [7, 11) is 0. The monoisotopic (exact) mass is 155 g/mol. The van der Waals surface area contributed by atoms with Crippen molar-refractivity contribution in [2.75, 3.05) is 6.61 Å². The van der Waals surface area contributed by atoms with Gasteiger partial charge in [0.2, 0.25) is 0 Å². The number of carbonyl (C=O) groups is 2. The van der Waals surface area contributed by atoms with E-state index in [4.69, 9.17) is 9.47 Å². The van der Waals surface area contributed by atoms with E-state index in [9.17, 15) is 9.59 Å². The van der Waals surface area contributed by atoms with Gasteiger partial charge in [-0.1, -0.05) is 0 Å². The number of carbonyl (C=O) groups excluding carboxylic acids is 2. The van der Waals surface area contributed by atoms with Crippen molar-refractivity contribution in [3.63, 3.8) is 0 Å². The van der Waals surface area contributed by atoms with Gasteiger partial charge in [0.15, 0.2) is 12.1 Å². The van der Waals surface area contributed by atoms with Gasteiger partial charge < -0.3 is 9.47 Å². The van der Waals surface area contributed by atoms with Gasteiger partial charge in [0.1, 0.15) is 12.6 Å². The largest absolute Gasteiger partial charge is 0.455 e. The highest BCUT2D eigenvalue weighted by molar-refractivity contribution is 5.92. The van der Waals surface area contributed by atoms with Crippen LogP contribution in [0.4, 0.5) is 4.79 Å². The Morgan fingerprint density at radius 1 is 1.45 bits per heavy atom. The third kappa shape index (κ3) is 0.449. The van der Waals surface area contributed by atoms with E-state index in [-0.39, 0.29) is 36.9 Å². The SMILES string of the molecule is O=C1OC2COC(=O)N3C1C23. The average molecular weight is 155 g/mol. The molecule has 3 unspecified atom stereocenters. The van der Waals surface area contributed by atoms with Crippen LogP contribution in [0.5, 0.6) is 0 Å². The van der Waals surface area contributed by atoms with Crippen molar-refractivity contribution < 1.29 is 19.1 Å². The van der Waals surface area contributed by atoms with Crippen molar-refractivity contribution in [3.05, 3.63) is 0 Å². The van der Waals surface area contributed by atoms with E-state index in [1.807, 2.05) is 0 Å². The normalized spacial score (nSPS) is 44.7. The van der Waals surface area contributed by atoms with E-state index >= 15 is 0 Å². The van der Waals surface area contributed by atoms with Crippen molar-refractivity contribution >= 4 is 12.1 Å². The molecule has 0 bridgehead atoms. The zero-order chi connectivity index (χ0) is 7.59. The number of esters is 1. The van der Waals surface area contributed by atoms with Gasteiger partial charge in [-0.05, 0) is 0 Å². The molecule has 5 heteroatoms. The van der Waals surface area contributed by atoms with E-state index in [0.29, 0.717) is 0 Å². The number of ether oxygens (including phenoxy) is 2. The number of fused-ring (bicyclic) bond motifs is 1. The van der Waals surface area contributed by atoms with Gasteiger partial charge in [0, 0.05) is 0 Å². The van der Waals surface area contributed by atoms with Crippen LogP contribution in [0.25, 0.3) is 0 Å². The Hall–Kier alpha value is -1.26. The Bertz CT molecular complexity index is 249. The molecule has 3 saturated heterocycles. The van der Waals surface area contributed by atoms with Crippen LogP contribution in [0, 0.1) is 0 Å². The fourth-order valence-corrected chi connectivity index (χ4v) is 1.77. The van der Waals surface area contributed by atoms with Crippen LogP contribution in [0.1, 0.15) is 0 Å². The summed E-state index contributed by atoms with van der Waals surface area (Å²) < 4.78 is 9.61. The highest BCUT2D eigenvalue weighted by Gasteiger charge is 2.69. The summed E-state index contributed by atoms with van der Waals surface area (Å²) in [4.78, 5) is 23.2. The van der Waals surface area contributed by atoms with E-state index in [1.54, 1.807) is 0 Å². The lowest BCUT2D eigenvalue weighted by Crippen LogP contribution is -2.38. The maximum Gasteiger partial charge on any atom is 0.411 e. The van der Waals surface area contributed by atoms with E-state index in [1.165, 1.54) is 4.90 Å². The topological polar surface area (TPSA) is 55.6 Å². The van der Waals surface area contributed by atoms with Gasteiger partial charge in [0.05, 0.1) is 0 Å². The third-order valence-corrected chi connectivity index (χ3v) is 2.33. The number of hydrogen-bond donors (Lipinski definition) is 0. The van der Waals surface area contributed by atoms with Crippen molar-refractivity contribution in [2.45, 2.75) is 18.2 Å². The van der Waals surface area contributed by atoms with Crippen LogP contribution in [0.3, 0.4) is 0 Å². The summed E-state index contributed by atoms with van der Waals surface area (Å²) in [6.07, 6.45) is -0.585. The molecule has 3 atom stereocenters. The molecule has 0 saturated carbocycles. The van der Waals surface area contributed by atoms with Gasteiger partial charge in [-0.25, -0.2) is 9.59 Å². The highest BCUT2D eigenvalue weighted by Crippen LogP contribution is 2.42. The standard InChI is InChI=1S/C6H5NO4/c8-5-4-3-2(11-5)1-10-6(9)7(3)4/h2-4H,1H2. The summed E-state index contributed by atoms with van der Waals surface area (Å²) in [5, 5.41) is 0. The van der Waals surface area contributed by atoms with Crippen LogP contribution in [-0.4, -0.2) is 41.8 Å². The zero-order valence-electron chi connectivity index (χ0n) is 5.52. The smallest absolute Gasteiger partial charge is 0.411 e. The molecule has 3 heterocycles. The zero-order valence-corrected chi connectivity index (χ0v) is 5.52. The van der Waals surface area contributed by atoms with Gasteiger partial charge in [-0.2, -0.15) is 0 Å². The Kier molecular flexibility index (Phi) is 0.659. The van der Waals surface area contributed by atoms with E-state index < -0.39 is 0 Å². The number of amides is 1. The molecule has 3 aliphatic rings. The molecule has 58 valence electrons.